The molecule has 0 aliphatic heterocycles. The molecule has 0 bridgehead atoms. The van der Waals surface area contributed by atoms with Gasteiger partial charge >= 0.3 is 0 Å². The Kier molecular flexibility index (Phi) is 7.40. The van der Waals surface area contributed by atoms with Crippen LogP contribution in [0.15, 0.2) is 176 Å². The van der Waals surface area contributed by atoms with Gasteiger partial charge in [-0.2, -0.15) is 0 Å². The SMILES string of the molecule is CC(C)c1ccc(N(c2ccc([Si](C)(C)C)cc2)c2ccc3c4c(ccc3c2)-c2c(c3ccccc3c3ccccc23)C42c3ccccc3-c3ccccc32)cc1. The van der Waals surface area contributed by atoms with E-state index in [9.17, 15) is 0 Å². The topological polar surface area (TPSA) is 3.24 Å². The summed E-state index contributed by atoms with van der Waals surface area (Å²) in [7, 11) is -1.46. The average molecular weight is 748 g/mol. The summed E-state index contributed by atoms with van der Waals surface area (Å²) < 4.78 is 0. The third-order valence-electron chi connectivity index (χ3n) is 13.0. The van der Waals surface area contributed by atoms with E-state index in [0.717, 1.165) is 5.69 Å². The Labute approximate surface area is 336 Å². The van der Waals surface area contributed by atoms with E-state index >= 15 is 0 Å². The molecule has 0 saturated heterocycles. The number of anilines is 3. The molecule has 0 amide bonds. The van der Waals surface area contributed by atoms with Crippen molar-refractivity contribution in [1.29, 1.82) is 0 Å². The van der Waals surface area contributed by atoms with Gasteiger partial charge in [-0.3, -0.25) is 0 Å². The maximum Gasteiger partial charge on any atom is 0.0775 e. The molecule has 11 rings (SSSR count). The van der Waals surface area contributed by atoms with Crippen LogP contribution in [-0.4, -0.2) is 8.07 Å². The maximum absolute atomic E-state index is 2.44. The number of rotatable bonds is 5. The molecule has 2 aliphatic rings. The second kappa shape index (κ2) is 12.4. The molecule has 0 atom stereocenters. The van der Waals surface area contributed by atoms with Gasteiger partial charge in [0.2, 0.25) is 0 Å². The predicted octanol–water partition coefficient (Wildman–Crippen LogP) is 14.6. The lowest BCUT2D eigenvalue weighted by atomic mass is 9.68. The van der Waals surface area contributed by atoms with Crippen molar-refractivity contribution in [3.63, 3.8) is 0 Å². The van der Waals surface area contributed by atoms with Gasteiger partial charge in [0.1, 0.15) is 0 Å². The summed E-state index contributed by atoms with van der Waals surface area (Å²) in [5.74, 6) is 0.475. The van der Waals surface area contributed by atoms with Crippen LogP contribution in [0.4, 0.5) is 17.1 Å². The number of nitrogens with zero attached hydrogens (tertiary/aromatic N) is 1. The van der Waals surface area contributed by atoms with E-state index in [-0.39, 0.29) is 0 Å². The van der Waals surface area contributed by atoms with Crippen LogP contribution in [0.25, 0.3) is 54.6 Å². The molecule has 2 aliphatic carbocycles. The Hall–Kier alpha value is -6.22. The fraction of sp³-hybridized carbons (Fsp3) is 0.127. The molecule has 0 fully saturated rings. The van der Waals surface area contributed by atoms with Crippen molar-refractivity contribution in [3.05, 3.63) is 204 Å². The molecule has 0 saturated carbocycles. The summed E-state index contributed by atoms with van der Waals surface area (Å²) >= 11 is 0. The molecule has 1 nitrogen and oxygen atoms in total. The summed E-state index contributed by atoms with van der Waals surface area (Å²) in [6, 6.07) is 67.1. The molecule has 274 valence electrons. The molecule has 57 heavy (non-hydrogen) atoms. The number of hydrogen-bond acceptors (Lipinski definition) is 1. The molecule has 0 unspecified atom stereocenters. The Morgan fingerprint density at radius 2 is 0.965 bits per heavy atom. The number of benzene rings is 9. The third-order valence-corrected chi connectivity index (χ3v) is 15.0. The van der Waals surface area contributed by atoms with Crippen molar-refractivity contribution >= 4 is 62.6 Å². The minimum Gasteiger partial charge on any atom is -0.310 e. The van der Waals surface area contributed by atoms with Gasteiger partial charge in [0.05, 0.1) is 13.5 Å². The van der Waals surface area contributed by atoms with Gasteiger partial charge in [-0.15, -0.1) is 0 Å². The molecule has 0 radical (unpaired) electrons. The van der Waals surface area contributed by atoms with Crippen LogP contribution in [0.3, 0.4) is 0 Å². The molecule has 0 heterocycles. The number of hydrogen-bond donors (Lipinski definition) is 0. The summed E-state index contributed by atoms with van der Waals surface area (Å²) in [4.78, 5) is 2.44. The summed E-state index contributed by atoms with van der Waals surface area (Å²) in [5, 5.41) is 9.29. The minimum absolute atomic E-state index is 0.475. The van der Waals surface area contributed by atoms with Crippen molar-refractivity contribution in [2.45, 2.75) is 44.8 Å². The highest BCUT2D eigenvalue weighted by molar-refractivity contribution is 6.88. The third kappa shape index (κ3) is 4.80. The van der Waals surface area contributed by atoms with E-state index in [0.29, 0.717) is 5.92 Å². The zero-order valence-corrected chi connectivity index (χ0v) is 34.3. The molecule has 9 aromatic rings. The van der Waals surface area contributed by atoms with Crippen molar-refractivity contribution in [3.8, 4) is 22.3 Å². The second-order valence-electron chi connectivity index (χ2n) is 17.5. The van der Waals surface area contributed by atoms with Crippen molar-refractivity contribution in [2.75, 3.05) is 4.90 Å². The lowest BCUT2D eigenvalue weighted by Crippen LogP contribution is -2.37. The highest BCUT2D eigenvalue weighted by Gasteiger charge is 2.53. The first kappa shape index (κ1) is 34.1. The second-order valence-corrected chi connectivity index (χ2v) is 22.5. The highest BCUT2D eigenvalue weighted by atomic mass is 28.3. The molecular weight excluding hydrogens is 703 g/mol. The largest absolute Gasteiger partial charge is 0.310 e. The van der Waals surface area contributed by atoms with Gasteiger partial charge in [-0.1, -0.05) is 178 Å². The van der Waals surface area contributed by atoms with Gasteiger partial charge in [0.25, 0.3) is 0 Å². The van der Waals surface area contributed by atoms with Gasteiger partial charge < -0.3 is 4.90 Å². The van der Waals surface area contributed by atoms with E-state index in [1.807, 2.05) is 0 Å². The molecule has 0 N–H and O–H groups in total. The first-order chi connectivity index (χ1) is 27.7. The van der Waals surface area contributed by atoms with E-state index in [1.54, 1.807) is 0 Å². The van der Waals surface area contributed by atoms with Gasteiger partial charge in [0, 0.05) is 17.1 Å². The van der Waals surface area contributed by atoms with Gasteiger partial charge in [0.15, 0.2) is 0 Å². The zero-order valence-electron chi connectivity index (χ0n) is 33.3. The Morgan fingerprint density at radius 1 is 0.439 bits per heavy atom. The van der Waals surface area contributed by atoms with Gasteiger partial charge in [-0.25, -0.2) is 0 Å². The van der Waals surface area contributed by atoms with E-state index in [4.69, 9.17) is 0 Å². The minimum atomic E-state index is -1.46. The van der Waals surface area contributed by atoms with Crippen LogP contribution in [0.1, 0.15) is 47.6 Å². The van der Waals surface area contributed by atoms with Crippen LogP contribution in [-0.2, 0) is 5.41 Å². The van der Waals surface area contributed by atoms with Crippen LogP contribution in [0.2, 0.25) is 19.6 Å². The summed E-state index contributed by atoms with van der Waals surface area (Å²) in [5.41, 5.74) is 15.3. The van der Waals surface area contributed by atoms with Crippen LogP contribution >= 0.6 is 0 Å². The first-order valence-corrected chi connectivity index (χ1v) is 24.0. The molecule has 0 aromatic heterocycles. The molecule has 1 spiro atoms. The smallest absolute Gasteiger partial charge is 0.0775 e. The first-order valence-electron chi connectivity index (χ1n) is 20.5. The fourth-order valence-electron chi connectivity index (χ4n) is 10.3. The van der Waals surface area contributed by atoms with E-state index < -0.39 is 13.5 Å². The fourth-order valence-corrected chi connectivity index (χ4v) is 11.5. The maximum atomic E-state index is 2.44. The van der Waals surface area contributed by atoms with Gasteiger partial charge in [-0.05, 0) is 125 Å². The summed E-state index contributed by atoms with van der Waals surface area (Å²) in [6.07, 6.45) is 0. The summed E-state index contributed by atoms with van der Waals surface area (Å²) in [6.45, 7) is 11.8. The van der Waals surface area contributed by atoms with Crippen LogP contribution < -0.4 is 10.1 Å². The van der Waals surface area contributed by atoms with E-state index in [2.05, 4.69) is 214 Å². The Morgan fingerprint density at radius 3 is 1.58 bits per heavy atom. The van der Waals surface area contributed by atoms with Crippen molar-refractivity contribution in [1.82, 2.24) is 0 Å². The monoisotopic (exact) mass is 747 g/mol. The van der Waals surface area contributed by atoms with Crippen molar-refractivity contribution in [2.24, 2.45) is 0 Å². The van der Waals surface area contributed by atoms with Crippen LogP contribution in [0.5, 0.6) is 0 Å². The highest BCUT2D eigenvalue weighted by Crippen LogP contribution is 2.66. The predicted molar refractivity (Wildman–Crippen MR) is 247 cm³/mol. The lowest BCUT2D eigenvalue weighted by molar-refractivity contribution is 0.809. The van der Waals surface area contributed by atoms with Crippen molar-refractivity contribution < 1.29 is 0 Å². The quantitative estimate of drug-likeness (QED) is 0.125. The van der Waals surface area contributed by atoms with E-state index in [1.165, 1.54) is 98.9 Å². The standard InChI is InChI=1S/C55H45NSi/c1-35(2)36-22-25-38(26-23-36)56(39-27-30-41(31-28-39)57(3,4)5)40-29-33-42-37(34-40)24-32-49-52-47-18-8-6-14-43(47)44-15-7-9-19-48(44)54(52)55(53(42)49)50-20-12-10-16-45(50)46-17-11-13-21-51(46)55/h6-35H,1-5H3. The van der Waals surface area contributed by atoms with Crippen LogP contribution in [0, 0.1) is 0 Å². The normalized spacial score (nSPS) is 13.6. The number of fused-ring (bicyclic) bond motifs is 17. The molecular formula is C55H45NSi. The lowest BCUT2D eigenvalue weighted by Gasteiger charge is -2.33. The Bertz CT molecular complexity index is 3030. The zero-order chi connectivity index (χ0) is 38.6. The molecule has 9 aromatic carbocycles. The Balaban J connectivity index is 1.22. The average Bonchev–Trinajstić information content (AvgIpc) is 3.72. The molecule has 2 heteroatoms.